The number of hydrogen-bond donors (Lipinski definition) is 1. The van der Waals surface area contributed by atoms with E-state index in [0.717, 1.165) is 24.3 Å². The molecule has 7 nitrogen and oxygen atoms in total. The lowest BCUT2D eigenvalue weighted by Crippen LogP contribution is -2.37. The smallest absolute Gasteiger partial charge is 0.220 e. The molecule has 1 aliphatic heterocycles. The highest BCUT2D eigenvalue weighted by molar-refractivity contribution is 6.30. The summed E-state index contributed by atoms with van der Waals surface area (Å²) in [7, 11) is 0. The van der Waals surface area contributed by atoms with Crippen LogP contribution in [0.2, 0.25) is 5.02 Å². The number of nitrogens with zero attached hydrogens (tertiary/aromatic N) is 5. The third-order valence-corrected chi connectivity index (χ3v) is 4.94. The third-order valence-electron chi connectivity index (χ3n) is 4.65. The molecule has 1 aliphatic rings. The Kier molecular flexibility index (Phi) is 4.89. The molecule has 1 fully saturated rings. The molecule has 1 unspecified atom stereocenters. The topological polar surface area (TPSA) is 75.4 Å². The molecular formula is C18H18ClFN6O. The molecule has 1 N–H and O–H groups in total. The summed E-state index contributed by atoms with van der Waals surface area (Å²) in [6.07, 6.45) is 3.28. The van der Waals surface area contributed by atoms with E-state index in [1.54, 1.807) is 23.0 Å². The molecule has 2 aromatic heterocycles. The Labute approximate surface area is 160 Å². The Hall–Kier alpha value is -2.74. The van der Waals surface area contributed by atoms with Crippen molar-refractivity contribution in [2.45, 2.75) is 25.3 Å². The van der Waals surface area contributed by atoms with Gasteiger partial charge in [-0.1, -0.05) is 17.7 Å². The van der Waals surface area contributed by atoms with E-state index in [-0.39, 0.29) is 17.0 Å². The number of rotatable bonds is 5. The summed E-state index contributed by atoms with van der Waals surface area (Å²) in [5.74, 6) is 0.360. The number of fused-ring (bicyclic) bond motifs is 1. The van der Waals surface area contributed by atoms with Crippen LogP contribution >= 0.6 is 11.6 Å². The molecule has 1 saturated heterocycles. The van der Waals surface area contributed by atoms with Crippen LogP contribution in [-0.2, 0) is 11.2 Å². The summed E-state index contributed by atoms with van der Waals surface area (Å²) in [4.78, 5) is 14.4. The van der Waals surface area contributed by atoms with Crippen molar-refractivity contribution in [3.8, 4) is 0 Å². The average molecular weight is 389 g/mol. The molecule has 1 atom stereocenters. The van der Waals surface area contributed by atoms with Gasteiger partial charge < -0.3 is 10.2 Å². The highest BCUT2D eigenvalue weighted by Gasteiger charge is 2.25. The summed E-state index contributed by atoms with van der Waals surface area (Å²) < 4.78 is 14.8. The summed E-state index contributed by atoms with van der Waals surface area (Å²) in [5.41, 5.74) is 1.54. The van der Waals surface area contributed by atoms with Gasteiger partial charge in [0.15, 0.2) is 5.65 Å². The fraction of sp³-hybridized carbons (Fsp3) is 0.333. The quantitative estimate of drug-likeness (QED) is 0.725. The standard InChI is InChI=1S/C18H18ClFN6O/c19-14-9-12(1-3-15(14)20)2-6-18(27)22-13-7-8-25(10-13)17-5-4-16-23-21-11-26(16)24-17/h1,3-5,9,11,13H,2,6-8,10H2,(H,22,27). The highest BCUT2D eigenvalue weighted by atomic mass is 35.5. The van der Waals surface area contributed by atoms with E-state index < -0.39 is 5.82 Å². The molecule has 0 bridgehead atoms. The molecule has 4 rings (SSSR count). The first-order valence-corrected chi connectivity index (χ1v) is 9.11. The summed E-state index contributed by atoms with van der Waals surface area (Å²) >= 11 is 5.77. The van der Waals surface area contributed by atoms with E-state index >= 15 is 0 Å². The first-order chi connectivity index (χ1) is 13.1. The summed E-state index contributed by atoms with van der Waals surface area (Å²) in [6.45, 7) is 1.52. The second kappa shape index (κ2) is 7.48. The van der Waals surface area contributed by atoms with E-state index in [1.165, 1.54) is 6.07 Å². The minimum Gasteiger partial charge on any atom is -0.353 e. The monoisotopic (exact) mass is 388 g/mol. The maximum absolute atomic E-state index is 13.2. The number of halogens is 2. The first kappa shape index (κ1) is 17.7. The van der Waals surface area contributed by atoms with Crippen LogP contribution in [0.5, 0.6) is 0 Å². The van der Waals surface area contributed by atoms with Gasteiger partial charge in [-0.2, -0.15) is 4.52 Å². The fourth-order valence-corrected chi connectivity index (χ4v) is 3.43. The molecule has 27 heavy (non-hydrogen) atoms. The maximum Gasteiger partial charge on any atom is 0.220 e. The van der Waals surface area contributed by atoms with Crippen molar-refractivity contribution in [2.75, 3.05) is 18.0 Å². The van der Waals surface area contributed by atoms with Gasteiger partial charge in [0, 0.05) is 25.6 Å². The predicted octanol–water partition coefficient (Wildman–Crippen LogP) is 2.24. The Balaban J connectivity index is 1.29. The van der Waals surface area contributed by atoms with Gasteiger partial charge in [-0.15, -0.1) is 15.3 Å². The van der Waals surface area contributed by atoms with Gasteiger partial charge in [0.05, 0.1) is 5.02 Å². The van der Waals surface area contributed by atoms with Crippen molar-refractivity contribution in [3.05, 3.63) is 53.1 Å². The lowest BCUT2D eigenvalue weighted by molar-refractivity contribution is -0.121. The number of benzene rings is 1. The normalized spacial score (nSPS) is 16.8. The van der Waals surface area contributed by atoms with Crippen LogP contribution in [0, 0.1) is 5.82 Å². The van der Waals surface area contributed by atoms with Crippen LogP contribution in [0.3, 0.4) is 0 Å². The van der Waals surface area contributed by atoms with Crippen LogP contribution in [-0.4, -0.2) is 44.8 Å². The summed E-state index contributed by atoms with van der Waals surface area (Å²) in [5, 5.41) is 15.4. The van der Waals surface area contributed by atoms with Gasteiger partial charge in [-0.05, 0) is 42.7 Å². The molecule has 140 valence electrons. The van der Waals surface area contributed by atoms with Crippen molar-refractivity contribution in [1.29, 1.82) is 0 Å². The van der Waals surface area contributed by atoms with Crippen LogP contribution < -0.4 is 10.2 Å². The van der Waals surface area contributed by atoms with Gasteiger partial charge in [-0.25, -0.2) is 4.39 Å². The van der Waals surface area contributed by atoms with E-state index in [9.17, 15) is 9.18 Å². The number of hydrogen-bond acceptors (Lipinski definition) is 5. The molecule has 0 spiro atoms. The number of aryl methyl sites for hydroxylation is 1. The fourth-order valence-electron chi connectivity index (χ4n) is 3.23. The van der Waals surface area contributed by atoms with Crippen molar-refractivity contribution in [2.24, 2.45) is 0 Å². The molecular weight excluding hydrogens is 371 g/mol. The third kappa shape index (κ3) is 4.00. The van der Waals surface area contributed by atoms with Gasteiger partial charge in [0.1, 0.15) is 18.0 Å². The van der Waals surface area contributed by atoms with Gasteiger partial charge in [0.2, 0.25) is 5.91 Å². The van der Waals surface area contributed by atoms with Crippen LogP contribution in [0.1, 0.15) is 18.4 Å². The largest absolute Gasteiger partial charge is 0.353 e. The number of carbonyl (C=O) groups is 1. The molecule has 1 aromatic carbocycles. The Morgan fingerprint density at radius 3 is 3.07 bits per heavy atom. The van der Waals surface area contributed by atoms with Gasteiger partial charge in [0.25, 0.3) is 0 Å². The molecule has 3 heterocycles. The molecule has 9 heteroatoms. The molecule has 1 amide bonds. The maximum atomic E-state index is 13.2. The second-order valence-corrected chi connectivity index (χ2v) is 6.98. The van der Waals surface area contributed by atoms with Crippen molar-refractivity contribution in [1.82, 2.24) is 25.1 Å². The van der Waals surface area contributed by atoms with Gasteiger partial charge in [-0.3, -0.25) is 4.79 Å². The molecule has 0 aliphatic carbocycles. The zero-order chi connectivity index (χ0) is 18.8. The number of anilines is 1. The summed E-state index contributed by atoms with van der Waals surface area (Å²) in [6, 6.07) is 8.39. The average Bonchev–Trinajstić information content (AvgIpc) is 3.31. The Bertz CT molecular complexity index is 977. The number of amides is 1. The van der Waals surface area contributed by atoms with Gasteiger partial charge >= 0.3 is 0 Å². The number of nitrogens with one attached hydrogen (secondary N) is 1. The lowest BCUT2D eigenvalue weighted by Gasteiger charge is -2.17. The zero-order valence-electron chi connectivity index (χ0n) is 14.5. The Morgan fingerprint density at radius 1 is 1.33 bits per heavy atom. The first-order valence-electron chi connectivity index (χ1n) is 8.74. The van der Waals surface area contributed by atoms with Crippen LogP contribution in [0.25, 0.3) is 5.65 Å². The Morgan fingerprint density at radius 2 is 2.22 bits per heavy atom. The molecule has 3 aromatic rings. The number of aromatic nitrogens is 4. The lowest BCUT2D eigenvalue weighted by atomic mass is 10.1. The molecule has 0 saturated carbocycles. The minimum atomic E-state index is -0.450. The highest BCUT2D eigenvalue weighted by Crippen LogP contribution is 2.19. The van der Waals surface area contributed by atoms with Crippen molar-refractivity contribution in [3.63, 3.8) is 0 Å². The van der Waals surface area contributed by atoms with Crippen molar-refractivity contribution >= 4 is 29.0 Å². The minimum absolute atomic E-state index is 0.0236. The SMILES string of the molecule is O=C(CCc1ccc(F)c(Cl)c1)NC1CCN(c2ccc3nncn3n2)C1. The molecule has 0 radical (unpaired) electrons. The van der Waals surface area contributed by atoms with E-state index in [1.807, 2.05) is 12.1 Å². The van der Waals surface area contributed by atoms with E-state index in [2.05, 4.69) is 25.5 Å². The van der Waals surface area contributed by atoms with Crippen LogP contribution in [0.4, 0.5) is 10.2 Å². The van der Waals surface area contributed by atoms with Crippen molar-refractivity contribution < 1.29 is 9.18 Å². The predicted molar refractivity (Wildman–Crippen MR) is 99.3 cm³/mol. The zero-order valence-corrected chi connectivity index (χ0v) is 15.2. The van der Waals surface area contributed by atoms with E-state index in [0.29, 0.717) is 25.0 Å². The number of carbonyl (C=O) groups excluding carboxylic acids is 1. The van der Waals surface area contributed by atoms with E-state index in [4.69, 9.17) is 11.6 Å². The van der Waals surface area contributed by atoms with Crippen LogP contribution in [0.15, 0.2) is 36.7 Å². The second-order valence-electron chi connectivity index (χ2n) is 6.57.